The molecule has 128 valence electrons. The van der Waals surface area contributed by atoms with Crippen LogP contribution in [0.4, 0.5) is 0 Å². The molecule has 2 rings (SSSR count). The second-order valence-corrected chi connectivity index (χ2v) is 14.2. The molecule has 0 saturated heterocycles. The zero-order chi connectivity index (χ0) is 17.0. The minimum absolute atomic E-state index is 0. The smallest absolute Gasteiger partial charge is 0.0149 e. The van der Waals surface area contributed by atoms with Crippen LogP contribution in [0.15, 0.2) is 55.1 Å². The summed E-state index contributed by atoms with van der Waals surface area (Å²) < 4.78 is 4.61. The second kappa shape index (κ2) is 8.98. The van der Waals surface area contributed by atoms with Crippen molar-refractivity contribution in [1.29, 1.82) is 0 Å². The van der Waals surface area contributed by atoms with Crippen molar-refractivity contribution < 1.29 is 16.8 Å². The van der Waals surface area contributed by atoms with E-state index < -0.39 is 16.8 Å². The Morgan fingerprint density at radius 3 is 2.09 bits per heavy atom. The molecule has 1 aliphatic rings. The van der Waals surface area contributed by atoms with Crippen LogP contribution in [0.25, 0.3) is 6.08 Å². The van der Waals surface area contributed by atoms with Crippen LogP contribution in [-0.2, 0) is 16.8 Å². The van der Waals surface area contributed by atoms with Crippen LogP contribution < -0.4 is 3.80 Å². The quantitative estimate of drug-likeness (QED) is 0.610. The third kappa shape index (κ3) is 6.39. The molecule has 1 N–H and O–H groups in total. The molecule has 0 radical (unpaired) electrons. The van der Waals surface area contributed by atoms with Gasteiger partial charge in [-0.2, -0.15) is 0 Å². The van der Waals surface area contributed by atoms with E-state index in [1.807, 2.05) is 0 Å². The van der Waals surface area contributed by atoms with Gasteiger partial charge in [0.1, 0.15) is 0 Å². The molecule has 0 bridgehead atoms. The zero-order valence-electron chi connectivity index (χ0n) is 15.0. The van der Waals surface area contributed by atoms with E-state index in [9.17, 15) is 0 Å². The summed E-state index contributed by atoms with van der Waals surface area (Å²) in [6, 6.07) is 8.87. The molecule has 1 nitrogen and oxygen atoms in total. The molecule has 1 aliphatic carbocycles. The third-order valence-electron chi connectivity index (χ3n) is 3.73. The Morgan fingerprint density at radius 1 is 1.09 bits per heavy atom. The van der Waals surface area contributed by atoms with E-state index in [0.717, 1.165) is 0 Å². The summed E-state index contributed by atoms with van der Waals surface area (Å²) >= 11 is -2.10. The first kappa shape index (κ1) is 22.3. The van der Waals surface area contributed by atoms with E-state index in [2.05, 4.69) is 85.5 Å². The molecule has 0 heterocycles. The molecule has 1 unspecified atom stereocenters. The van der Waals surface area contributed by atoms with Crippen molar-refractivity contribution in [3.05, 3.63) is 66.3 Å². The van der Waals surface area contributed by atoms with Gasteiger partial charge in [0.2, 0.25) is 0 Å². The van der Waals surface area contributed by atoms with E-state index in [-0.39, 0.29) is 16.5 Å². The number of benzene rings is 1. The Bertz CT molecular complexity index is 561. The fraction of sp³-hybridized carbons (Fsp3) is 0.400. The van der Waals surface area contributed by atoms with Gasteiger partial charge in [-0.25, -0.2) is 0 Å². The maximum Gasteiger partial charge on any atom is -0.0149 e. The van der Waals surface area contributed by atoms with Crippen molar-refractivity contribution in [2.24, 2.45) is 0 Å². The SMILES string of the molecule is C=CC=C.CC1=Cc2ccccc2[CH]1[Ti]([CH3])([CH3])[NH]C(C)(C)C.[SiH4]. The van der Waals surface area contributed by atoms with Gasteiger partial charge in [-0.3, -0.25) is 0 Å². The van der Waals surface area contributed by atoms with Gasteiger partial charge in [0.05, 0.1) is 0 Å². The molecule has 23 heavy (non-hydrogen) atoms. The number of fused-ring (bicyclic) bond motifs is 1. The van der Waals surface area contributed by atoms with Gasteiger partial charge < -0.3 is 0 Å². The monoisotopic (exact) mass is 365 g/mol. The van der Waals surface area contributed by atoms with Crippen LogP contribution >= 0.6 is 0 Å². The van der Waals surface area contributed by atoms with Crippen molar-refractivity contribution in [2.45, 2.75) is 47.9 Å². The normalized spacial score (nSPS) is 16.3. The molecule has 0 aromatic heterocycles. The topological polar surface area (TPSA) is 12.0 Å². The molecule has 0 fully saturated rings. The number of hydrogen-bond acceptors (Lipinski definition) is 1. The molecule has 1 aromatic rings. The fourth-order valence-corrected chi connectivity index (χ4v) is 10.3. The van der Waals surface area contributed by atoms with Gasteiger partial charge in [-0.05, 0) is 11.0 Å². The number of nitrogens with one attached hydrogen (secondary N) is 1. The van der Waals surface area contributed by atoms with Gasteiger partial charge in [-0.1, -0.05) is 25.3 Å². The first-order valence-electron chi connectivity index (χ1n) is 7.92. The van der Waals surface area contributed by atoms with Gasteiger partial charge in [0.15, 0.2) is 0 Å². The van der Waals surface area contributed by atoms with E-state index in [1.54, 1.807) is 12.2 Å². The molecule has 0 aliphatic heterocycles. The van der Waals surface area contributed by atoms with E-state index >= 15 is 0 Å². The van der Waals surface area contributed by atoms with Crippen molar-refractivity contribution in [3.8, 4) is 0 Å². The van der Waals surface area contributed by atoms with Crippen LogP contribution in [0, 0.1) is 0 Å². The minimum atomic E-state index is -2.10. The first-order chi connectivity index (χ1) is 10.1. The number of rotatable bonds is 3. The molecular formula is C20H35NSiTi. The van der Waals surface area contributed by atoms with Crippen molar-refractivity contribution in [2.75, 3.05) is 0 Å². The summed E-state index contributed by atoms with van der Waals surface area (Å²) in [7, 11) is 0. The Morgan fingerprint density at radius 2 is 1.61 bits per heavy atom. The predicted octanol–water partition coefficient (Wildman–Crippen LogP) is 4.60. The van der Waals surface area contributed by atoms with E-state index in [4.69, 9.17) is 0 Å². The van der Waals surface area contributed by atoms with Crippen LogP contribution in [-0.4, -0.2) is 16.5 Å². The molecule has 1 aromatic carbocycles. The molecule has 0 spiro atoms. The van der Waals surface area contributed by atoms with Crippen LogP contribution in [0.3, 0.4) is 0 Å². The Labute approximate surface area is 151 Å². The molecule has 0 amide bonds. The van der Waals surface area contributed by atoms with Gasteiger partial charge in [0.25, 0.3) is 0 Å². The van der Waals surface area contributed by atoms with Crippen LogP contribution in [0.2, 0.25) is 10.5 Å². The number of hydrogen-bond donors (Lipinski definition) is 1. The minimum Gasteiger partial charge on any atom is -0.0149 e. The van der Waals surface area contributed by atoms with Crippen molar-refractivity contribution >= 4 is 17.0 Å². The summed E-state index contributed by atoms with van der Waals surface area (Å²) in [5.41, 5.74) is 4.71. The maximum absolute atomic E-state index is 3.96. The summed E-state index contributed by atoms with van der Waals surface area (Å²) in [5.74, 6) is 0. The summed E-state index contributed by atoms with van der Waals surface area (Å²) in [4.78, 5) is 0. The molecule has 1 atom stereocenters. The second-order valence-electron chi connectivity index (χ2n) is 7.52. The molecular weight excluding hydrogens is 330 g/mol. The Hall–Kier alpha value is -0.669. The van der Waals surface area contributed by atoms with Gasteiger partial charge in [0, 0.05) is 0 Å². The van der Waals surface area contributed by atoms with Crippen LogP contribution in [0.5, 0.6) is 0 Å². The Balaban J connectivity index is 0.000000871. The van der Waals surface area contributed by atoms with Crippen molar-refractivity contribution in [3.63, 3.8) is 0 Å². The standard InChI is InChI=1S/C10H9.C4H10N.C4H6.2CH3.H4Si.Ti/c1-8-6-9-4-2-3-5-10(9)7-8;1-4(2,3)5;1-3-4-2;;;;/h2-7H,1H3;5H,1-3H3;3-4H,1-2H2;2*1H3;1H4;/q;-1;;;;;+1. The third-order valence-corrected chi connectivity index (χ3v) is 9.36. The fourth-order valence-electron chi connectivity index (χ4n) is 3.48. The Kier molecular flexibility index (Phi) is 8.72. The summed E-state index contributed by atoms with van der Waals surface area (Å²) in [6.45, 7) is 15.8. The average molecular weight is 365 g/mol. The van der Waals surface area contributed by atoms with Gasteiger partial charge in [-0.15, -0.1) is 0 Å². The number of allylic oxidation sites excluding steroid dienone is 3. The zero-order valence-corrected chi connectivity index (χ0v) is 16.6. The maximum atomic E-state index is 3.96. The first-order valence-corrected chi connectivity index (χ1v) is 12.7. The van der Waals surface area contributed by atoms with Crippen LogP contribution in [0.1, 0.15) is 43.0 Å². The average Bonchev–Trinajstić information content (AvgIpc) is 2.72. The summed E-state index contributed by atoms with van der Waals surface area (Å²) in [6.07, 6.45) is 5.65. The van der Waals surface area contributed by atoms with Gasteiger partial charge >= 0.3 is 116 Å². The largest absolute Gasteiger partial charge is 0.0149 e. The predicted molar refractivity (Wildman–Crippen MR) is 109 cm³/mol. The molecule has 3 heteroatoms. The summed E-state index contributed by atoms with van der Waals surface area (Å²) in [5, 5.41) is 4.99. The molecule has 0 saturated carbocycles. The van der Waals surface area contributed by atoms with E-state index in [0.29, 0.717) is 4.22 Å². The van der Waals surface area contributed by atoms with E-state index in [1.165, 1.54) is 16.7 Å². The van der Waals surface area contributed by atoms with Crippen molar-refractivity contribution in [1.82, 2.24) is 3.80 Å².